The molecule has 0 saturated heterocycles. The van der Waals surface area contributed by atoms with Gasteiger partial charge in [-0.25, -0.2) is 9.78 Å². The zero-order valence-electron chi connectivity index (χ0n) is 10.2. The van der Waals surface area contributed by atoms with Crippen LogP contribution in [-0.2, 0) is 4.74 Å². The van der Waals surface area contributed by atoms with Gasteiger partial charge in [-0.2, -0.15) is 0 Å². The molecule has 0 spiro atoms. The van der Waals surface area contributed by atoms with E-state index in [2.05, 4.69) is 15.0 Å². The number of nitrogens with one attached hydrogen (secondary N) is 1. The van der Waals surface area contributed by atoms with Gasteiger partial charge in [0.25, 0.3) is 5.91 Å². The van der Waals surface area contributed by atoms with Gasteiger partial charge in [0, 0.05) is 5.38 Å². The van der Waals surface area contributed by atoms with Crippen molar-refractivity contribution in [2.45, 2.75) is 6.92 Å². The van der Waals surface area contributed by atoms with Crippen molar-refractivity contribution in [3.05, 3.63) is 26.9 Å². The van der Waals surface area contributed by atoms with Crippen LogP contribution in [0, 0.1) is 6.92 Å². The Kier molecular flexibility index (Phi) is 3.82. The van der Waals surface area contributed by atoms with E-state index in [0.717, 1.165) is 5.56 Å². The first-order valence-electron chi connectivity index (χ1n) is 5.21. The second-order valence-corrected chi connectivity index (χ2v) is 5.41. The fraction of sp³-hybridized carbons (Fsp3) is 0.182. The Morgan fingerprint density at radius 3 is 2.68 bits per heavy atom. The lowest BCUT2D eigenvalue weighted by Gasteiger charge is -2.05. The zero-order valence-corrected chi connectivity index (χ0v) is 11.9. The number of thiophene rings is 1. The maximum absolute atomic E-state index is 12.0. The van der Waals surface area contributed by atoms with Crippen LogP contribution in [0.5, 0.6) is 0 Å². The molecule has 0 aliphatic carbocycles. The second-order valence-electron chi connectivity index (χ2n) is 3.64. The molecule has 0 fully saturated rings. The van der Waals surface area contributed by atoms with Gasteiger partial charge >= 0.3 is 5.97 Å². The van der Waals surface area contributed by atoms with Crippen molar-refractivity contribution in [1.82, 2.24) is 4.98 Å². The SMILES string of the molecule is COC(=O)c1scc(C)c1NC(=O)c1csc(N)n1. The summed E-state index contributed by atoms with van der Waals surface area (Å²) >= 11 is 2.40. The molecule has 2 aromatic rings. The molecule has 0 atom stereocenters. The van der Waals surface area contributed by atoms with Gasteiger partial charge in [-0.15, -0.1) is 22.7 Å². The van der Waals surface area contributed by atoms with Gasteiger partial charge in [-0.1, -0.05) is 0 Å². The van der Waals surface area contributed by atoms with Gasteiger partial charge in [0.05, 0.1) is 12.8 Å². The van der Waals surface area contributed by atoms with Gasteiger partial charge in [0.2, 0.25) is 0 Å². The Bertz CT molecular complexity index is 633. The van der Waals surface area contributed by atoms with Gasteiger partial charge in [0.1, 0.15) is 10.6 Å². The van der Waals surface area contributed by atoms with E-state index in [9.17, 15) is 9.59 Å². The minimum absolute atomic E-state index is 0.226. The number of anilines is 2. The number of esters is 1. The Labute approximate surface area is 117 Å². The Morgan fingerprint density at radius 1 is 1.37 bits per heavy atom. The Hall–Kier alpha value is -1.93. The summed E-state index contributed by atoms with van der Waals surface area (Å²) in [5.74, 6) is -0.884. The summed E-state index contributed by atoms with van der Waals surface area (Å²) in [4.78, 5) is 27.8. The number of nitrogen functional groups attached to an aromatic ring is 1. The number of carbonyl (C=O) groups is 2. The highest BCUT2D eigenvalue weighted by Gasteiger charge is 2.20. The summed E-state index contributed by atoms with van der Waals surface area (Å²) in [7, 11) is 1.30. The molecule has 2 heterocycles. The predicted octanol–water partition coefficient (Wildman–Crippen LogP) is 2.13. The molecular weight excluding hydrogens is 286 g/mol. The third kappa shape index (κ3) is 2.74. The molecule has 1 amide bonds. The number of thiazole rings is 1. The van der Waals surface area contributed by atoms with E-state index in [-0.39, 0.29) is 5.69 Å². The summed E-state index contributed by atoms with van der Waals surface area (Å²) in [6, 6.07) is 0. The summed E-state index contributed by atoms with van der Waals surface area (Å²) in [6.07, 6.45) is 0. The maximum atomic E-state index is 12.0. The number of aryl methyl sites for hydroxylation is 1. The number of ether oxygens (including phenoxy) is 1. The predicted molar refractivity (Wildman–Crippen MR) is 74.9 cm³/mol. The van der Waals surface area contributed by atoms with Gasteiger partial charge in [0.15, 0.2) is 5.13 Å². The number of aromatic nitrogens is 1. The van der Waals surface area contributed by atoms with Crippen LogP contribution in [-0.4, -0.2) is 24.0 Å². The lowest BCUT2D eigenvalue weighted by Crippen LogP contribution is -2.15. The number of carbonyl (C=O) groups excluding carboxylic acids is 2. The van der Waals surface area contributed by atoms with E-state index in [0.29, 0.717) is 15.7 Å². The number of hydrogen-bond acceptors (Lipinski definition) is 7. The number of rotatable bonds is 3. The normalized spacial score (nSPS) is 10.2. The molecule has 0 aromatic carbocycles. The van der Waals surface area contributed by atoms with E-state index in [1.807, 2.05) is 0 Å². The fourth-order valence-electron chi connectivity index (χ4n) is 1.41. The van der Waals surface area contributed by atoms with Crippen LogP contribution in [0.3, 0.4) is 0 Å². The molecule has 0 unspecified atom stereocenters. The molecule has 2 rings (SSSR count). The number of hydrogen-bond donors (Lipinski definition) is 2. The van der Waals surface area contributed by atoms with E-state index in [4.69, 9.17) is 5.73 Å². The molecule has 0 aliphatic rings. The maximum Gasteiger partial charge on any atom is 0.350 e. The molecule has 100 valence electrons. The highest BCUT2D eigenvalue weighted by atomic mass is 32.1. The van der Waals surface area contributed by atoms with Crippen LogP contribution >= 0.6 is 22.7 Å². The smallest absolute Gasteiger partial charge is 0.350 e. The fourth-order valence-corrected chi connectivity index (χ4v) is 2.88. The molecular formula is C11H11N3O3S2. The summed E-state index contributed by atoms with van der Waals surface area (Å²) in [6.45, 7) is 1.80. The third-order valence-corrected chi connectivity index (χ3v) is 4.09. The number of amides is 1. The molecule has 8 heteroatoms. The minimum Gasteiger partial charge on any atom is -0.465 e. The molecule has 0 aliphatic heterocycles. The Morgan fingerprint density at radius 2 is 2.11 bits per heavy atom. The van der Waals surface area contributed by atoms with Crippen LogP contribution in [0.25, 0.3) is 0 Å². The average Bonchev–Trinajstić information content (AvgIpc) is 2.96. The van der Waals surface area contributed by atoms with Gasteiger partial charge in [-0.05, 0) is 17.9 Å². The number of nitrogens with zero attached hydrogens (tertiary/aromatic N) is 1. The lowest BCUT2D eigenvalue weighted by molar-refractivity contribution is 0.0607. The molecule has 0 radical (unpaired) electrons. The van der Waals surface area contributed by atoms with E-state index < -0.39 is 11.9 Å². The van der Waals surface area contributed by atoms with E-state index in [1.54, 1.807) is 17.7 Å². The highest BCUT2D eigenvalue weighted by molar-refractivity contribution is 7.13. The summed E-state index contributed by atoms with van der Waals surface area (Å²) in [5.41, 5.74) is 6.95. The molecule has 19 heavy (non-hydrogen) atoms. The summed E-state index contributed by atoms with van der Waals surface area (Å²) < 4.78 is 4.67. The largest absolute Gasteiger partial charge is 0.465 e. The van der Waals surface area contributed by atoms with Crippen LogP contribution in [0.1, 0.15) is 25.7 Å². The minimum atomic E-state index is -0.480. The zero-order chi connectivity index (χ0) is 14.0. The first-order valence-corrected chi connectivity index (χ1v) is 6.97. The topological polar surface area (TPSA) is 94.3 Å². The van der Waals surface area contributed by atoms with Crippen LogP contribution in [0.4, 0.5) is 10.8 Å². The van der Waals surface area contributed by atoms with Gasteiger partial charge in [-0.3, -0.25) is 4.79 Å². The molecule has 0 saturated carbocycles. The van der Waals surface area contributed by atoms with Gasteiger partial charge < -0.3 is 15.8 Å². The number of nitrogens with two attached hydrogens (primary N) is 1. The van der Waals surface area contributed by atoms with E-state index >= 15 is 0 Å². The molecule has 6 nitrogen and oxygen atoms in total. The van der Waals surface area contributed by atoms with Crippen LogP contribution in [0.15, 0.2) is 10.8 Å². The van der Waals surface area contributed by atoms with Crippen molar-refractivity contribution in [3.8, 4) is 0 Å². The first kappa shape index (κ1) is 13.5. The monoisotopic (exact) mass is 297 g/mol. The van der Waals surface area contributed by atoms with Crippen molar-refractivity contribution in [1.29, 1.82) is 0 Å². The van der Waals surface area contributed by atoms with Crippen molar-refractivity contribution in [2.75, 3.05) is 18.2 Å². The van der Waals surface area contributed by atoms with E-state index in [1.165, 1.54) is 29.8 Å². The first-order chi connectivity index (χ1) is 9.02. The molecule has 0 bridgehead atoms. The van der Waals surface area contributed by atoms with Crippen LogP contribution < -0.4 is 11.1 Å². The third-order valence-electron chi connectivity index (χ3n) is 2.34. The van der Waals surface area contributed by atoms with Crippen molar-refractivity contribution < 1.29 is 14.3 Å². The quantitative estimate of drug-likeness (QED) is 0.846. The number of methoxy groups -OCH3 is 1. The van der Waals surface area contributed by atoms with Crippen molar-refractivity contribution >= 4 is 45.4 Å². The molecule has 2 aromatic heterocycles. The standard InChI is InChI=1S/C11H11N3O3S2/c1-5-3-18-8(10(16)17-2)7(5)14-9(15)6-4-19-11(12)13-6/h3-4H,1-2H3,(H2,12,13)(H,14,15). The van der Waals surface area contributed by atoms with Crippen molar-refractivity contribution in [2.24, 2.45) is 0 Å². The molecule has 3 N–H and O–H groups in total. The Balaban J connectivity index is 2.26. The average molecular weight is 297 g/mol. The van der Waals surface area contributed by atoms with Crippen LogP contribution in [0.2, 0.25) is 0 Å². The highest BCUT2D eigenvalue weighted by Crippen LogP contribution is 2.28. The van der Waals surface area contributed by atoms with Crippen molar-refractivity contribution in [3.63, 3.8) is 0 Å². The second kappa shape index (κ2) is 5.37. The lowest BCUT2D eigenvalue weighted by atomic mass is 10.2. The summed E-state index contributed by atoms with van der Waals surface area (Å²) in [5, 5.41) is 6.32.